The maximum Gasteiger partial charge on any atom is 0.337 e. The van der Waals surface area contributed by atoms with Crippen molar-refractivity contribution in [3.8, 4) is 0 Å². The molecule has 2 rings (SSSR count). The highest BCUT2D eigenvalue weighted by molar-refractivity contribution is 5.92. The van der Waals surface area contributed by atoms with Crippen molar-refractivity contribution in [3.63, 3.8) is 0 Å². The van der Waals surface area contributed by atoms with Crippen LogP contribution in [0.15, 0.2) is 12.3 Å². The largest absolute Gasteiger partial charge is 0.478 e. The second-order valence-electron chi connectivity index (χ2n) is 5.07. The molecule has 0 unspecified atom stereocenters. The number of carbonyl (C=O) groups is 1. The Bertz CT molecular complexity index is 594. The molecule has 0 radical (unpaired) electrons. The molecule has 0 bridgehead atoms. The minimum atomic E-state index is -0.970. The van der Waals surface area contributed by atoms with E-state index in [4.69, 9.17) is 5.11 Å². The van der Waals surface area contributed by atoms with Crippen molar-refractivity contribution in [2.45, 2.75) is 33.2 Å². The Balaban J connectivity index is 2.74. The van der Waals surface area contributed by atoms with E-state index in [-0.39, 0.29) is 11.1 Å². The lowest BCUT2D eigenvalue weighted by Gasteiger charge is -2.19. The van der Waals surface area contributed by atoms with Crippen molar-refractivity contribution in [2.24, 2.45) is 0 Å². The van der Waals surface area contributed by atoms with Crippen LogP contribution >= 0.6 is 0 Å². The molecular weight excluding hydrogens is 218 g/mol. The minimum Gasteiger partial charge on any atom is -0.478 e. The molecule has 2 aromatic heterocycles. The highest BCUT2D eigenvalue weighted by Gasteiger charge is 2.20. The normalized spacial score (nSPS) is 12.0. The lowest BCUT2D eigenvalue weighted by Crippen LogP contribution is -2.23. The van der Waals surface area contributed by atoms with E-state index in [1.807, 2.05) is 32.4 Å². The fourth-order valence-electron chi connectivity index (χ4n) is 1.73. The molecular formula is C12H15N3O2. The van der Waals surface area contributed by atoms with Crippen molar-refractivity contribution < 1.29 is 9.90 Å². The SMILES string of the molecule is Cc1nn(C(C)(C)C)c2ncc(C(=O)O)cc12. The monoisotopic (exact) mass is 233 g/mol. The highest BCUT2D eigenvalue weighted by atomic mass is 16.4. The molecule has 5 heteroatoms. The van der Waals surface area contributed by atoms with E-state index in [2.05, 4.69) is 10.1 Å². The first-order chi connectivity index (χ1) is 7.80. The number of hydrogen-bond acceptors (Lipinski definition) is 3. The van der Waals surface area contributed by atoms with Crippen LogP contribution in [0.5, 0.6) is 0 Å². The molecule has 0 aliphatic heterocycles. The van der Waals surface area contributed by atoms with Gasteiger partial charge in [0.2, 0.25) is 0 Å². The summed E-state index contributed by atoms with van der Waals surface area (Å²) in [6.45, 7) is 7.96. The predicted octanol–water partition coefficient (Wildman–Crippen LogP) is 2.19. The summed E-state index contributed by atoms with van der Waals surface area (Å²) in [6, 6.07) is 1.62. The smallest absolute Gasteiger partial charge is 0.337 e. The van der Waals surface area contributed by atoms with Gasteiger partial charge in [-0.2, -0.15) is 5.10 Å². The predicted molar refractivity (Wildman–Crippen MR) is 64.2 cm³/mol. The van der Waals surface area contributed by atoms with Gasteiger partial charge in [0.25, 0.3) is 0 Å². The molecule has 0 amide bonds. The van der Waals surface area contributed by atoms with E-state index < -0.39 is 5.97 Å². The molecule has 1 N–H and O–H groups in total. The Morgan fingerprint density at radius 1 is 1.41 bits per heavy atom. The van der Waals surface area contributed by atoms with Crippen molar-refractivity contribution in [3.05, 3.63) is 23.5 Å². The average Bonchev–Trinajstić information content (AvgIpc) is 2.55. The number of pyridine rings is 1. The van der Waals surface area contributed by atoms with Crippen LogP contribution in [0.3, 0.4) is 0 Å². The lowest BCUT2D eigenvalue weighted by molar-refractivity contribution is 0.0696. The first kappa shape index (κ1) is 11.6. The van der Waals surface area contributed by atoms with Crippen LogP contribution in [0.2, 0.25) is 0 Å². The Morgan fingerprint density at radius 2 is 2.06 bits per heavy atom. The second-order valence-corrected chi connectivity index (χ2v) is 5.07. The lowest BCUT2D eigenvalue weighted by atomic mass is 10.1. The van der Waals surface area contributed by atoms with E-state index >= 15 is 0 Å². The summed E-state index contributed by atoms with van der Waals surface area (Å²) in [5.74, 6) is -0.970. The van der Waals surface area contributed by atoms with Crippen molar-refractivity contribution in [2.75, 3.05) is 0 Å². The van der Waals surface area contributed by atoms with Gasteiger partial charge in [-0.25, -0.2) is 14.5 Å². The van der Waals surface area contributed by atoms with Gasteiger partial charge in [0.15, 0.2) is 5.65 Å². The number of fused-ring (bicyclic) bond motifs is 1. The molecule has 0 fully saturated rings. The van der Waals surface area contributed by atoms with Crippen LogP contribution in [-0.4, -0.2) is 25.8 Å². The molecule has 0 saturated carbocycles. The van der Waals surface area contributed by atoms with Gasteiger partial charge in [0.1, 0.15) is 0 Å². The van der Waals surface area contributed by atoms with Crippen LogP contribution < -0.4 is 0 Å². The first-order valence-corrected chi connectivity index (χ1v) is 5.40. The Morgan fingerprint density at radius 3 is 2.59 bits per heavy atom. The number of aromatic carboxylic acids is 1. The fraction of sp³-hybridized carbons (Fsp3) is 0.417. The van der Waals surface area contributed by atoms with Crippen LogP contribution in [0.4, 0.5) is 0 Å². The molecule has 17 heavy (non-hydrogen) atoms. The quantitative estimate of drug-likeness (QED) is 0.819. The van der Waals surface area contributed by atoms with E-state index in [0.29, 0.717) is 0 Å². The number of rotatable bonds is 1. The van der Waals surface area contributed by atoms with Gasteiger partial charge < -0.3 is 5.11 Å². The maximum atomic E-state index is 10.9. The zero-order valence-corrected chi connectivity index (χ0v) is 10.4. The summed E-state index contributed by atoms with van der Waals surface area (Å²) < 4.78 is 1.82. The average molecular weight is 233 g/mol. The minimum absolute atomic E-state index is 0.176. The van der Waals surface area contributed by atoms with Gasteiger partial charge in [0, 0.05) is 11.6 Å². The summed E-state index contributed by atoms with van der Waals surface area (Å²) in [7, 11) is 0. The molecule has 0 aliphatic carbocycles. The number of carboxylic acid groups (broad SMARTS) is 1. The molecule has 0 aliphatic rings. The second kappa shape index (κ2) is 3.55. The van der Waals surface area contributed by atoms with E-state index in [0.717, 1.165) is 16.7 Å². The van der Waals surface area contributed by atoms with Gasteiger partial charge in [-0.3, -0.25) is 0 Å². The van der Waals surface area contributed by atoms with Crippen LogP contribution in [-0.2, 0) is 5.54 Å². The molecule has 0 atom stereocenters. The van der Waals surface area contributed by atoms with E-state index in [9.17, 15) is 4.79 Å². The molecule has 5 nitrogen and oxygen atoms in total. The summed E-state index contributed by atoms with van der Waals surface area (Å²) >= 11 is 0. The number of nitrogens with zero attached hydrogens (tertiary/aromatic N) is 3. The molecule has 0 saturated heterocycles. The van der Waals surface area contributed by atoms with Gasteiger partial charge >= 0.3 is 5.97 Å². The maximum absolute atomic E-state index is 10.9. The number of aromatic nitrogens is 3. The van der Waals surface area contributed by atoms with Gasteiger partial charge in [-0.05, 0) is 33.8 Å². The van der Waals surface area contributed by atoms with Crippen molar-refractivity contribution in [1.82, 2.24) is 14.8 Å². The van der Waals surface area contributed by atoms with Gasteiger partial charge in [-0.1, -0.05) is 0 Å². The summed E-state index contributed by atoms with van der Waals surface area (Å²) in [5, 5.41) is 14.1. The zero-order chi connectivity index (χ0) is 12.8. The summed E-state index contributed by atoms with van der Waals surface area (Å²) in [5.41, 5.74) is 1.53. The number of hydrogen-bond donors (Lipinski definition) is 1. The molecule has 0 aromatic carbocycles. The number of carboxylic acids is 1. The molecule has 0 spiro atoms. The third kappa shape index (κ3) is 1.88. The third-order valence-corrected chi connectivity index (χ3v) is 2.59. The van der Waals surface area contributed by atoms with Crippen molar-refractivity contribution >= 4 is 17.0 Å². The standard InChI is InChI=1S/C12H15N3O2/c1-7-9-5-8(11(16)17)6-13-10(9)15(14-7)12(2,3)4/h5-6H,1-4H3,(H,16,17). The fourth-order valence-corrected chi connectivity index (χ4v) is 1.73. The summed E-state index contributed by atoms with van der Waals surface area (Å²) in [4.78, 5) is 15.1. The van der Waals surface area contributed by atoms with Crippen LogP contribution in [0, 0.1) is 6.92 Å². The first-order valence-electron chi connectivity index (χ1n) is 5.40. The van der Waals surface area contributed by atoms with Crippen LogP contribution in [0.25, 0.3) is 11.0 Å². The Labute approximate surface area is 99.1 Å². The molecule has 90 valence electrons. The third-order valence-electron chi connectivity index (χ3n) is 2.59. The van der Waals surface area contributed by atoms with Gasteiger partial charge in [-0.15, -0.1) is 0 Å². The van der Waals surface area contributed by atoms with E-state index in [1.165, 1.54) is 6.20 Å². The molecule has 2 heterocycles. The topological polar surface area (TPSA) is 68.0 Å². The summed E-state index contributed by atoms with van der Waals surface area (Å²) in [6.07, 6.45) is 1.37. The molecule has 2 aromatic rings. The Kier molecular flexibility index (Phi) is 2.41. The highest BCUT2D eigenvalue weighted by Crippen LogP contribution is 2.23. The zero-order valence-electron chi connectivity index (χ0n) is 10.4. The van der Waals surface area contributed by atoms with Crippen molar-refractivity contribution in [1.29, 1.82) is 0 Å². The number of aryl methyl sites for hydroxylation is 1. The Hall–Kier alpha value is -1.91. The van der Waals surface area contributed by atoms with Crippen LogP contribution in [0.1, 0.15) is 36.8 Å². The van der Waals surface area contributed by atoms with Gasteiger partial charge in [0.05, 0.1) is 16.8 Å². The van der Waals surface area contributed by atoms with E-state index in [1.54, 1.807) is 6.07 Å².